The van der Waals surface area contributed by atoms with Crippen LogP contribution in [-0.4, -0.2) is 21.1 Å². The molecule has 3 rings (SSSR count). The first-order valence-electron chi connectivity index (χ1n) is 6.69. The summed E-state index contributed by atoms with van der Waals surface area (Å²) in [5, 5.41) is 30.9. The summed E-state index contributed by atoms with van der Waals surface area (Å²) in [6.07, 6.45) is 0. The first-order valence-corrected chi connectivity index (χ1v) is 6.69. The summed E-state index contributed by atoms with van der Waals surface area (Å²) in [7, 11) is 0. The minimum absolute atomic E-state index is 0.000825. The van der Waals surface area contributed by atoms with Gasteiger partial charge in [0, 0.05) is 16.7 Å². The van der Waals surface area contributed by atoms with Crippen molar-refractivity contribution in [1.29, 1.82) is 0 Å². The van der Waals surface area contributed by atoms with Crippen LogP contribution in [-0.2, 0) is 5.60 Å². The summed E-state index contributed by atoms with van der Waals surface area (Å²) >= 11 is 0. The lowest BCUT2D eigenvalue weighted by Crippen LogP contribution is -2.33. The van der Waals surface area contributed by atoms with Crippen LogP contribution in [0.2, 0.25) is 0 Å². The van der Waals surface area contributed by atoms with Gasteiger partial charge in [0.1, 0.15) is 17.1 Å². The van der Waals surface area contributed by atoms with Crippen molar-refractivity contribution in [3.8, 4) is 11.5 Å². The smallest absolute Gasteiger partial charge is 0.197 e. The SMILES string of the molecule is Cc1ccc2c(c1O)C(=O)c1c(C)cc(O)cc1[C@@]2(C)O. The average Bonchev–Trinajstić information content (AvgIpc) is 2.38. The number of phenols is 2. The highest BCUT2D eigenvalue weighted by Gasteiger charge is 2.41. The Kier molecular flexibility index (Phi) is 2.65. The first-order chi connectivity index (χ1) is 9.75. The van der Waals surface area contributed by atoms with E-state index in [4.69, 9.17) is 0 Å². The van der Waals surface area contributed by atoms with Crippen molar-refractivity contribution in [3.05, 3.63) is 57.6 Å². The molecule has 0 spiro atoms. The molecule has 0 saturated heterocycles. The van der Waals surface area contributed by atoms with Crippen molar-refractivity contribution in [3.63, 3.8) is 0 Å². The molecule has 0 heterocycles. The van der Waals surface area contributed by atoms with E-state index in [0.717, 1.165) is 0 Å². The number of aromatic hydroxyl groups is 2. The number of aryl methyl sites for hydroxylation is 2. The number of fused-ring (bicyclic) bond motifs is 2. The summed E-state index contributed by atoms with van der Waals surface area (Å²) in [6.45, 7) is 4.96. The minimum atomic E-state index is -1.45. The van der Waals surface area contributed by atoms with E-state index in [1.165, 1.54) is 12.1 Å². The van der Waals surface area contributed by atoms with Crippen LogP contribution in [0.1, 0.15) is 45.1 Å². The Labute approximate surface area is 122 Å². The number of aliphatic hydroxyl groups is 1. The van der Waals surface area contributed by atoms with Gasteiger partial charge in [-0.15, -0.1) is 0 Å². The van der Waals surface area contributed by atoms with Crippen LogP contribution in [0.3, 0.4) is 0 Å². The number of rotatable bonds is 0. The molecule has 0 bridgehead atoms. The Morgan fingerprint density at radius 2 is 1.62 bits per heavy atom. The molecule has 108 valence electrons. The van der Waals surface area contributed by atoms with Crippen molar-refractivity contribution < 1.29 is 20.1 Å². The lowest BCUT2D eigenvalue weighted by Gasteiger charge is -2.34. The fraction of sp³-hybridized carbons (Fsp3) is 0.235. The number of carbonyl (C=O) groups excluding carboxylic acids is 1. The Morgan fingerprint density at radius 3 is 2.29 bits per heavy atom. The zero-order valence-corrected chi connectivity index (χ0v) is 12.1. The predicted molar refractivity (Wildman–Crippen MR) is 77.8 cm³/mol. The second-order valence-corrected chi connectivity index (χ2v) is 5.74. The van der Waals surface area contributed by atoms with E-state index in [2.05, 4.69) is 0 Å². The third kappa shape index (κ3) is 1.69. The number of carbonyl (C=O) groups is 1. The van der Waals surface area contributed by atoms with Gasteiger partial charge in [-0.3, -0.25) is 4.79 Å². The molecular weight excluding hydrogens is 268 g/mol. The van der Waals surface area contributed by atoms with Gasteiger partial charge < -0.3 is 15.3 Å². The zero-order valence-electron chi connectivity index (χ0n) is 12.1. The zero-order chi connectivity index (χ0) is 15.5. The van der Waals surface area contributed by atoms with Gasteiger partial charge in [-0.25, -0.2) is 0 Å². The molecule has 0 aromatic heterocycles. The van der Waals surface area contributed by atoms with E-state index in [-0.39, 0.29) is 22.8 Å². The molecule has 0 radical (unpaired) electrons. The summed E-state index contributed by atoms with van der Waals surface area (Å²) in [4.78, 5) is 12.7. The molecule has 1 aliphatic carbocycles. The number of hydrogen-bond acceptors (Lipinski definition) is 4. The van der Waals surface area contributed by atoms with Crippen LogP contribution in [0.15, 0.2) is 24.3 Å². The summed E-state index contributed by atoms with van der Waals surface area (Å²) < 4.78 is 0. The number of phenolic OH excluding ortho intramolecular Hbond substituents is 2. The fourth-order valence-corrected chi connectivity index (χ4v) is 3.05. The first kappa shape index (κ1) is 13.6. The van der Waals surface area contributed by atoms with Crippen molar-refractivity contribution in [1.82, 2.24) is 0 Å². The van der Waals surface area contributed by atoms with E-state index in [1.807, 2.05) is 0 Å². The lowest BCUT2D eigenvalue weighted by atomic mass is 9.73. The van der Waals surface area contributed by atoms with Gasteiger partial charge in [0.2, 0.25) is 0 Å². The normalized spacial score (nSPS) is 20.1. The standard InChI is InChI=1S/C17H16O4/c1-8-4-5-11-14(15(8)19)16(20)13-9(2)6-10(18)7-12(13)17(11,3)21/h4-7,18-19,21H,1-3H3/t17-/m0/s1. The molecule has 1 aliphatic rings. The molecule has 4 nitrogen and oxygen atoms in total. The molecule has 2 aromatic rings. The van der Waals surface area contributed by atoms with Crippen LogP contribution in [0.25, 0.3) is 0 Å². The second kappa shape index (κ2) is 4.09. The molecule has 0 fully saturated rings. The molecule has 0 aliphatic heterocycles. The summed E-state index contributed by atoms with van der Waals surface area (Å²) in [6, 6.07) is 6.19. The topological polar surface area (TPSA) is 77.8 Å². The highest BCUT2D eigenvalue weighted by Crippen LogP contribution is 2.45. The maximum Gasteiger partial charge on any atom is 0.197 e. The Bertz CT molecular complexity index is 788. The van der Waals surface area contributed by atoms with Crippen LogP contribution in [0.5, 0.6) is 11.5 Å². The molecule has 0 amide bonds. The third-order valence-electron chi connectivity index (χ3n) is 4.20. The molecule has 3 N–H and O–H groups in total. The van der Waals surface area contributed by atoms with Crippen molar-refractivity contribution >= 4 is 5.78 Å². The molecule has 0 saturated carbocycles. The molecule has 4 heteroatoms. The van der Waals surface area contributed by atoms with Crippen LogP contribution < -0.4 is 0 Å². The molecule has 0 unspecified atom stereocenters. The van der Waals surface area contributed by atoms with E-state index in [0.29, 0.717) is 27.8 Å². The maximum atomic E-state index is 12.7. The highest BCUT2D eigenvalue weighted by atomic mass is 16.3. The van der Waals surface area contributed by atoms with Gasteiger partial charge in [0.15, 0.2) is 5.78 Å². The summed E-state index contributed by atoms with van der Waals surface area (Å²) in [5.41, 5.74) is 0.897. The van der Waals surface area contributed by atoms with Gasteiger partial charge >= 0.3 is 0 Å². The van der Waals surface area contributed by atoms with Gasteiger partial charge in [-0.05, 0) is 44.0 Å². The van der Waals surface area contributed by atoms with Crippen LogP contribution in [0, 0.1) is 13.8 Å². The van der Waals surface area contributed by atoms with E-state index >= 15 is 0 Å². The van der Waals surface area contributed by atoms with Gasteiger partial charge in [0.25, 0.3) is 0 Å². The van der Waals surface area contributed by atoms with Crippen molar-refractivity contribution in [2.75, 3.05) is 0 Å². The van der Waals surface area contributed by atoms with E-state index in [9.17, 15) is 20.1 Å². The van der Waals surface area contributed by atoms with Gasteiger partial charge in [-0.1, -0.05) is 12.1 Å². The Balaban J connectivity index is 2.45. The highest BCUT2D eigenvalue weighted by molar-refractivity contribution is 6.15. The molecule has 1 atom stereocenters. The molecular formula is C17H16O4. The predicted octanol–water partition coefficient (Wildman–Crippen LogP) is 2.51. The Morgan fingerprint density at radius 1 is 0.952 bits per heavy atom. The molecule has 2 aromatic carbocycles. The number of ketones is 1. The number of hydrogen-bond donors (Lipinski definition) is 3. The minimum Gasteiger partial charge on any atom is -0.508 e. The van der Waals surface area contributed by atoms with E-state index in [1.54, 1.807) is 32.9 Å². The van der Waals surface area contributed by atoms with Crippen molar-refractivity contribution in [2.24, 2.45) is 0 Å². The van der Waals surface area contributed by atoms with Crippen molar-refractivity contribution in [2.45, 2.75) is 26.4 Å². The number of benzene rings is 2. The van der Waals surface area contributed by atoms with Crippen LogP contribution >= 0.6 is 0 Å². The monoisotopic (exact) mass is 284 g/mol. The van der Waals surface area contributed by atoms with Crippen LogP contribution in [0.4, 0.5) is 0 Å². The summed E-state index contributed by atoms with van der Waals surface area (Å²) in [5.74, 6) is -0.430. The largest absolute Gasteiger partial charge is 0.508 e. The van der Waals surface area contributed by atoms with Gasteiger partial charge in [0.05, 0.1) is 5.56 Å². The maximum absolute atomic E-state index is 12.7. The van der Waals surface area contributed by atoms with Gasteiger partial charge in [-0.2, -0.15) is 0 Å². The van der Waals surface area contributed by atoms with E-state index < -0.39 is 5.60 Å². The molecule has 21 heavy (non-hydrogen) atoms. The quantitative estimate of drug-likeness (QED) is 0.694. The average molecular weight is 284 g/mol. The fourth-order valence-electron chi connectivity index (χ4n) is 3.05. The second-order valence-electron chi connectivity index (χ2n) is 5.74. The Hall–Kier alpha value is -2.33. The lowest BCUT2D eigenvalue weighted by molar-refractivity contribution is 0.0854. The third-order valence-corrected chi connectivity index (χ3v) is 4.20.